The molecule has 2 rings (SSSR count). The molecule has 0 unspecified atom stereocenters. The van der Waals surface area contributed by atoms with Crippen LogP contribution < -0.4 is 5.32 Å². The van der Waals surface area contributed by atoms with E-state index in [1.165, 1.54) is 16.4 Å². The van der Waals surface area contributed by atoms with Crippen molar-refractivity contribution in [3.05, 3.63) is 27.2 Å². The molecule has 1 N–H and O–H groups in total. The summed E-state index contributed by atoms with van der Waals surface area (Å²) in [6.45, 7) is -0.250. The third-order valence-corrected chi connectivity index (χ3v) is 6.31. The summed E-state index contributed by atoms with van der Waals surface area (Å²) in [5.41, 5.74) is 0.299. The lowest BCUT2D eigenvalue weighted by Crippen LogP contribution is -2.45. The van der Waals surface area contributed by atoms with Gasteiger partial charge in [-0.15, -0.1) is 0 Å². The molecule has 1 amide bonds. The minimum atomic E-state index is -3.48. The van der Waals surface area contributed by atoms with Crippen molar-refractivity contribution in [3.8, 4) is 0 Å². The van der Waals surface area contributed by atoms with Crippen molar-refractivity contribution in [3.63, 3.8) is 0 Å². The second kappa shape index (κ2) is 8.23. The quantitative estimate of drug-likeness (QED) is 0.736. The van der Waals surface area contributed by atoms with E-state index in [1.54, 1.807) is 0 Å². The summed E-state index contributed by atoms with van der Waals surface area (Å²) in [5.74, 6) is -0.466. The van der Waals surface area contributed by atoms with Crippen molar-refractivity contribution in [1.29, 1.82) is 0 Å². The average Bonchev–Trinajstić information content (AvgIpc) is 2.50. The number of carbonyl (C=O) groups excluding carboxylic acids is 1. The lowest BCUT2D eigenvalue weighted by atomic mass is 9.95. The summed E-state index contributed by atoms with van der Waals surface area (Å²) in [6, 6.07) is 2.73. The summed E-state index contributed by atoms with van der Waals surface area (Å²) in [6.07, 6.45) is 5.70. The van der Waals surface area contributed by atoms with Gasteiger partial charge in [-0.25, -0.2) is 8.42 Å². The lowest BCUT2D eigenvalue weighted by Gasteiger charge is -2.31. The van der Waals surface area contributed by atoms with Crippen molar-refractivity contribution >= 4 is 56.4 Å². The lowest BCUT2D eigenvalue weighted by molar-refractivity contribution is -0.116. The molecular weight excluding hydrogens is 395 g/mol. The predicted octanol–water partition coefficient (Wildman–Crippen LogP) is 4.18. The highest BCUT2D eigenvalue weighted by atomic mass is 35.5. The first-order valence-electron chi connectivity index (χ1n) is 7.59. The summed E-state index contributed by atoms with van der Waals surface area (Å²) >= 11 is 17.8. The molecule has 0 bridgehead atoms. The molecular formula is C15H19Cl3N2O3S. The van der Waals surface area contributed by atoms with Crippen molar-refractivity contribution < 1.29 is 13.2 Å². The minimum absolute atomic E-state index is 0.135. The molecule has 9 heteroatoms. The molecule has 0 aromatic heterocycles. The zero-order valence-electron chi connectivity index (χ0n) is 13.2. The first-order valence-corrected chi connectivity index (χ1v) is 10.6. The maximum atomic E-state index is 12.3. The number of anilines is 1. The van der Waals surface area contributed by atoms with Crippen LogP contribution in [0.3, 0.4) is 0 Å². The maximum absolute atomic E-state index is 12.3. The van der Waals surface area contributed by atoms with Crippen LogP contribution in [0.25, 0.3) is 0 Å². The van der Waals surface area contributed by atoms with Crippen molar-refractivity contribution in [2.45, 2.75) is 38.1 Å². The van der Waals surface area contributed by atoms with Crippen LogP contribution in [0.1, 0.15) is 32.1 Å². The van der Waals surface area contributed by atoms with E-state index in [0.717, 1.165) is 38.4 Å². The number of sulfonamides is 1. The molecule has 24 heavy (non-hydrogen) atoms. The average molecular weight is 414 g/mol. The molecule has 0 aliphatic heterocycles. The second-order valence-electron chi connectivity index (χ2n) is 5.89. The molecule has 1 aliphatic rings. The summed E-state index contributed by atoms with van der Waals surface area (Å²) < 4.78 is 25.4. The fourth-order valence-electron chi connectivity index (χ4n) is 2.84. The largest absolute Gasteiger partial charge is 0.324 e. The summed E-state index contributed by atoms with van der Waals surface area (Å²) in [4.78, 5) is 12.3. The molecule has 1 aromatic carbocycles. The van der Waals surface area contributed by atoms with Crippen LogP contribution in [0.5, 0.6) is 0 Å². The molecule has 0 spiro atoms. The Balaban J connectivity index is 2.12. The first kappa shape index (κ1) is 19.8. The van der Waals surface area contributed by atoms with Crippen LogP contribution in [-0.2, 0) is 14.8 Å². The Labute approximate surface area is 157 Å². The van der Waals surface area contributed by atoms with E-state index < -0.39 is 15.9 Å². The van der Waals surface area contributed by atoms with Crippen LogP contribution in [0.4, 0.5) is 5.69 Å². The molecule has 5 nitrogen and oxygen atoms in total. The van der Waals surface area contributed by atoms with Gasteiger partial charge in [0.1, 0.15) is 0 Å². The Hall–Kier alpha value is -0.530. The van der Waals surface area contributed by atoms with E-state index in [4.69, 9.17) is 34.8 Å². The Morgan fingerprint density at radius 2 is 1.71 bits per heavy atom. The van der Waals surface area contributed by atoms with Crippen LogP contribution in [0, 0.1) is 0 Å². The number of carbonyl (C=O) groups is 1. The zero-order valence-corrected chi connectivity index (χ0v) is 16.3. The zero-order chi connectivity index (χ0) is 17.9. The highest BCUT2D eigenvalue weighted by Crippen LogP contribution is 2.32. The number of hydrogen-bond acceptors (Lipinski definition) is 3. The smallest absolute Gasteiger partial charge is 0.239 e. The molecule has 1 fully saturated rings. The van der Waals surface area contributed by atoms with Crippen LogP contribution in [0.2, 0.25) is 15.1 Å². The van der Waals surface area contributed by atoms with Gasteiger partial charge >= 0.3 is 0 Å². The molecule has 0 heterocycles. The number of nitrogens with zero attached hydrogens (tertiary/aromatic N) is 1. The van der Waals surface area contributed by atoms with Crippen LogP contribution >= 0.6 is 34.8 Å². The highest BCUT2D eigenvalue weighted by molar-refractivity contribution is 7.88. The highest BCUT2D eigenvalue weighted by Gasteiger charge is 2.30. The predicted molar refractivity (Wildman–Crippen MR) is 98.5 cm³/mol. The number of amides is 1. The summed E-state index contributed by atoms with van der Waals surface area (Å²) in [5, 5.41) is 3.37. The van der Waals surface area contributed by atoms with Gasteiger partial charge in [-0.2, -0.15) is 4.31 Å². The minimum Gasteiger partial charge on any atom is -0.324 e. The third kappa shape index (κ3) is 5.23. The van der Waals surface area contributed by atoms with Crippen molar-refractivity contribution in [1.82, 2.24) is 4.31 Å². The van der Waals surface area contributed by atoms with Gasteiger partial charge < -0.3 is 5.32 Å². The molecule has 134 valence electrons. The topological polar surface area (TPSA) is 66.5 Å². The number of hydrogen-bond donors (Lipinski definition) is 1. The molecule has 0 radical (unpaired) electrons. The van der Waals surface area contributed by atoms with Gasteiger partial charge in [0.2, 0.25) is 15.9 Å². The maximum Gasteiger partial charge on any atom is 0.239 e. The third-order valence-electron chi connectivity index (χ3n) is 3.99. The van der Waals surface area contributed by atoms with Crippen LogP contribution in [0.15, 0.2) is 12.1 Å². The Morgan fingerprint density at radius 3 is 2.29 bits per heavy atom. The fraction of sp³-hybridized carbons (Fsp3) is 0.533. The fourth-order valence-corrected chi connectivity index (χ4v) is 4.53. The van der Waals surface area contributed by atoms with E-state index in [9.17, 15) is 13.2 Å². The van der Waals surface area contributed by atoms with E-state index in [2.05, 4.69) is 5.32 Å². The van der Waals surface area contributed by atoms with Crippen molar-refractivity contribution in [2.24, 2.45) is 0 Å². The van der Waals surface area contributed by atoms with E-state index in [0.29, 0.717) is 5.69 Å². The van der Waals surface area contributed by atoms with E-state index in [1.807, 2.05) is 0 Å². The van der Waals surface area contributed by atoms with Crippen LogP contribution in [-0.4, -0.2) is 37.5 Å². The number of halogens is 3. The van der Waals surface area contributed by atoms with Gasteiger partial charge in [0.15, 0.2) is 0 Å². The second-order valence-corrected chi connectivity index (χ2v) is 9.05. The molecule has 0 atom stereocenters. The molecule has 0 saturated heterocycles. The molecule has 1 aromatic rings. The summed E-state index contributed by atoms with van der Waals surface area (Å²) in [7, 11) is -3.48. The van der Waals surface area contributed by atoms with E-state index in [-0.39, 0.29) is 27.7 Å². The number of rotatable bonds is 5. The standard InChI is InChI=1S/C15H19Cl3N2O3S/c1-24(22,23)20(10-5-3-2-4-6-10)9-15(21)19-14-8-12(17)11(16)7-13(14)18/h7-8,10H,2-6,9H2,1H3,(H,19,21). The van der Waals surface area contributed by atoms with Crippen molar-refractivity contribution in [2.75, 3.05) is 18.1 Å². The van der Waals surface area contributed by atoms with Gasteiger partial charge in [0, 0.05) is 6.04 Å². The van der Waals surface area contributed by atoms with Gasteiger partial charge in [-0.1, -0.05) is 54.1 Å². The first-order chi connectivity index (χ1) is 11.2. The Morgan fingerprint density at radius 1 is 1.12 bits per heavy atom. The normalized spacial score (nSPS) is 16.4. The van der Waals surface area contributed by atoms with Gasteiger partial charge in [-0.3, -0.25) is 4.79 Å². The van der Waals surface area contributed by atoms with Gasteiger partial charge in [-0.05, 0) is 25.0 Å². The SMILES string of the molecule is CS(=O)(=O)N(CC(=O)Nc1cc(Cl)c(Cl)cc1Cl)C1CCCCC1. The Kier molecular flexibility index (Phi) is 6.79. The van der Waals surface area contributed by atoms with E-state index >= 15 is 0 Å². The van der Waals surface area contributed by atoms with Gasteiger partial charge in [0.25, 0.3) is 0 Å². The molecule has 1 aliphatic carbocycles. The van der Waals surface area contributed by atoms with Gasteiger partial charge in [0.05, 0.1) is 33.6 Å². The monoisotopic (exact) mass is 412 g/mol. The molecule has 1 saturated carbocycles. The Bertz CT molecular complexity index is 719. The number of nitrogens with one attached hydrogen (secondary N) is 1. The number of benzene rings is 1.